The third-order valence-electron chi connectivity index (χ3n) is 7.11. The van der Waals surface area contributed by atoms with Crippen molar-refractivity contribution in [1.29, 1.82) is 0 Å². The van der Waals surface area contributed by atoms with E-state index < -0.39 is 0 Å². The number of fused-ring (bicyclic) bond motifs is 3. The van der Waals surface area contributed by atoms with E-state index in [2.05, 4.69) is 34.0 Å². The third-order valence-corrected chi connectivity index (χ3v) is 7.11. The van der Waals surface area contributed by atoms with Crippen LogP contribution in [-0.4, -0.2) is 47.7 Å². The van der Waals surface area contributed by atoms with Crippen molar-refractivity contribution in [3.63, 3.8) is 0 Å². The molecule has 0 radical (unpaired) electrons. The first-order valence-corrected chi connectivity index (χ1v) is 10.8. The van der Waals surface area contributed by atoms with Gasteiger partial charge in [0, 0.05) is 36.1 Å². The second-order valence-corrected chi connectivity index (χ2v) is 8.72. The zero-order chi connectivity index (χ0) is 20.8. The molecule has 3 heterocycles. The Hall–Kier alpha value is -2.50. The Labute approximate surface area is 189 Å². The van der Waals surface area contributed by atoms with Crippen molar-refractivity contribution in [3.8, 4) is 17.0 Å². The number of carbonyl (C=O) groups is 1. The molecule has 31 heavy (non-hydrogen) atoms. The zero-order valence-electron chi connectivity index (χ0n) is 18.3. The van der Waals surface area contributed by atoms with E-state index in [-0.39, 0.29) is 24.4 Å². The number of nitrogens with one attached hydrogen (secondary N) is 1. The first kappa shape index (κ1) is 21.7. The van der Waals surface area contributed by atoms with Gasteiger partial charge in [-0.25, -0.2) is 0 Å². The highest BCUT2D eigenvalue weighted by atomic mass is 35.5. The fourth-order valence-electron chi connectivity index (χ4n) is 5.50. The Kier molecular flexibility index (Phi) is 6.00. The summed E-state index contributed by atoms with van der Waals surface area (Å²) in [6.45, 7) is 0. The lowest BCUT2D eigenvalue weighted by Gasteiger charge is -2.36. The van der Waals surface area contributed by atoms with Crippen molar-refractivity contribution in [1.82, 2.24) is 14.8 Å². The molecule has 1 unspecified atom stereocenters. The highest BCUT2D eigenvalue weighted by Gasteiger charge is 2.39. The summed E-state index contributed by atoms with van der Waals surface area (Å²) in [5, 5.41) is 4.32. The number of halogens is 1. The van der Waals surface area contributed by atoms with Crippen LogP contribution in [0.1, 0.15) is 36.0 Å². The summed E-state index contributed by atoms with van der Waals surface area (Å²) in [7, 11) is 5.92. The van der Waals surface area contributed by atoms with Crippen LogP contribution in [0.2, 0.25) is 0 Å². The number of rotatable bonds is 4. The molecule has 5 rings (SSSR count). The Morgan fingerprint density at radius 3 is 2.35 bits per heavy atom. The van der Waals surface area contributed by atoms with E-state index in [0.29, 0.717) is 12.1 Å². The number of hydrogen-bond acceptors (Lipinski definition) is 3. The molecule has 2 aliphatic heterocycles. The molecule has 3 atom stereocenters. The van der Waals surface area contributed by atoms with Gasteiger partial charge in [0.2, 0.25) is 0 Å². The number of aryl methyl sites for hydroxylation is 1. The number of carbonyl (C=O) groups excluding carboxylic acids is 1. The number of piperidine rings is 1. The minimum absolute atomic E-state index is 0. The van der Waals surface area contributed by atoms with Crippen molar-refractivity contribution in [2.45, 2.75) is 43.8 Å². The molecule has 2 aliphatic rings. The van der Waals surface area contributed by atoms with Crippen molar-refractivity contribution < 1.29 is 9.53 Å². The molecule has 164 valence electrons. The fraction of sp³-hybridized carbons (Fsp3) is 0.400. The largest absolute Gasteiger partial charge is 0.497 e. The maximum atomic E-state index is 13.7. The summed E-state index contributed by atoms with van der Waals surface area (Å²) in [5.41, 5.74) is 3.77. The van der Waals surface area contributed by atoms with Crippen molar-refractivity contribution in [2.24, 2.45) is 7.05 Å². The number of amides is 1. The summed E-state index contributed by atoms with van der Waals surface area (Å²) in [4.78, 5) is 16.2. The van der Waals surface area contributed by atoms with Crippen LogP contribution in [-0.2, 0) is 7.05 Å². The maximum Gasteiger partial charge on any atom is 0.254 e. The molecule has 2 aromatic carbocycles. The van der Waals surface area contributed by atoms with Crippen LogP contribution >= 0.6 is 12.4 Å². The minimum Gasteiger partial charge on any atom is -0.497 e. The fourth-order valence-corrected chi connectivity index (χ4v) is 5.50. The number of aromatic nitrogens is 1. The van der Waals surface area contributed by atoms with Gasteiger partial charge in [0.05, 0.1) is 18.4 Å². The molecule has 6 heteroatoms. The van der Waals surface area contributed by atoms with E-state index in [1.54, 1.807) is 7.11 Å². The average Bonchev–Trinajstić information content (AvgIpc) is 3.15. The summed E-state index contributed by atoms with van der Waals surface area (Å²) >= 11 is 0. The predicted octanol–water partition coefficient (Wildman–Crippen LogP) is 4.63. The molecule has 5 nitrogen and oxygen atoms in total. The van der Waals surface area contributed by atoms with E-state index in [0.717, 1.165) is 46.3 Å². The van der Waals surface area contributed by atoms with Gasteiger partial charge in [-0.3, -0.25) is 4.79 Å². The normalized spacial score (nSPS) is 22.9. The number of nitrogens with zero attached hydrogens (tertiary/aromatic N) is 2. The molecular formula is C25H30ClN3O2. The first-order valence-electron chi connectivity index (χ1n) is 10.8. The van der Waals surface area contributed by atoms with E-state index >= 15 is 0 Å². The Balaban J connectivity index is 0.00000231. The topological polar surface area (TPSA) is 46.5 Å². The molecule has 0 aliphatic carbocycles. The highest BCUT2D eigenvalue weighted by molar-refractivity contribution is 6.13. The van der Waals surface area contributed by atoms with Crippen LogP contribution < -0.4 is 10.1 Å². The molecule has 1 aromatic heterocycles. The number of ether oxygens (including phenoxy) is 1. The second-order valence-electron chi connectivity index (χ2n) is 8.72. The van der Waals surface area contributed by atoms with Crippen LogP contribution in [0, 0.1) is 0 Å². The predicted molar refractivity (Wildman–Crippen MR) is 127 cm³/mol. The molecule has 0 spiro atoms. The highest BCUT2D eigenvalue weighted by Crippen LogP contribution is 2.37. The van der Waals surface area contributed by atoms with Gasteiger partial charge in [-0.1, -0.05) is 30.3 Å². The first-order chi connectivity index (χ1) is 14.6. The van der Waals surface area contributed by atoms with Gasteiger partial charge in [-0.15, -0.1) is 12.4 Å². The molecular weight excluding hydrogens is 410 g/mol. The summed E-state index contributed by atoms with van der Waals surface area (Å²) < 4.78 is 7.59. The Morgan fingerprint density at radius 1 is 1.03 bits per heavy atom. The molecule has 2 fully saturated rings. The third kappa shape index (κ3) is 3.70. The Morgan fingerprint density at radius 2 is 1.71 bits per heavy atom. The van der Waals surface area contributed by atoms with Crippen LogP contribution in [0.4, 0.5) is 0 Å². The monoisotopic (exact) mass is 439 g/mol. The van der Waals surface area contributed by atoms with E-state index in [4.69, 9.17) is 4.74 Å². The molecule has 2 saturated heterocycles. The van der Waals surface area contributed by atoms with Crippen LogP contribution in [0.3, 0.4) is 0 Å². The van der Waals surface area contributed by atoms with Gasteiger partial charge in [-0.05, 0) is 56.5 Å². The SMILES string of the molecule is COc1ccc2c(c1)c(C(=O)NC1C[C@H]3CC[C@@H](C1)N3C)c(-c1ccccc1)n2C.Cl. The van der Waals surface area contributed by atoms with Gasteiger partial charge in [0.1, 0.15) is 5.75 Å². The smallest absolute Gasteiger partial charge is 0.254 e. The van der Waals surface area contributed by atoms with Gasteiger partial charge in [-0.2, -0.15) is 0 Å². The van der Waals surface area contributed by atoms with E-state index in [1.165, 1.54) is 12.8 Å². The van der Waals surface area contributed by atoms with E-state index in [1.807, 2.05) is 43.4 Å². The lowest BCUT2D eigenvalue weighted by molar-refractivity contribution is 0.0884. The lowest BCUT2D eigenvalue weighted by atomic mass is 9.97. The molecule has 3 aromatic rings. The van der Waals surface area contributed by atoms with Crippen molar-refractivity contribution in [3.05, 3.63) is 54.1 Å². The summed E-state index contributed by atoms with van der Waals surface area (Å²) in [6.07, 6.45) is 4.56. The number of hydrogen-bond donors (Lipinski definition) is 1. The van der Waals surface area contributed by atoms with Crippen LogP contribution in [0.5, 0.6) is 5.75 Å². The van der Waals surface area contributed by atoms with Crippen molar-refractivity contribution in [2.75, 3.05) is 14.2 Å². The number of methoxy groups -OCH3 is 1. The van der Waals surface area contributed by atoms with Gasteiger partial charge >= 0.3 is 0 Å². The van der Waals surface area contributed by atoms with Gasteiger partial charge in [0.15, 0.2) is 0 Å². The quantitative estimate of drug-likeness (QED) is 0.644. The summed E-state index contributed by atoms with van der Waals surface area (Å²) in [5.74, 6) is 0.778. The molecule has 0 saturated carbocycles. The van der Waals surface area contributed by atoms with Crippen LogP contribution in [0.25, 0.3) is 22.2 Å². The standard InChI is InChI=1S/C25H29N3O2.ClH/c1-27-18-9-10-19(27)14-17(13-18)26-25(29)23-21-15-20(30-3)11-12-22(21)28(2)24(23)16-7-5-4-6-8-16;/h4-8,11-12,15,17-19H,9-10,13-14H2,1-3H3,(H,26,29);1H/t17?,18-,19+;. The lowest BCUT2D eigenvalue weighted by Crippen LogP contribution is -2.48. The van der Waals surface area contributed by atoms with Gasteiger partial charge < -0.3 is 19.5 Å². The summed E-state index contributed by atoms with van der Waals surface area (Å²) in [6, 6.07) is 17.6. The van der Waals surface area contributed by atoms with E-state index in [9.17, 15) is 4.79 Å². The average molecular weight is 440 g/mol. The van der Waals surface area contributed by atoms with Gasteiger partial charge in [0.25, 0.3) is 5.91 Å². The minimum atomic E-state index is 0. The molecule has 1 N–H and O–H groups in total. The Bertz CT molecular complexity index is 1080. The van der Waals surface area contributed by atoms with Crippen LogP contribution in [0.15, 0.2) is 48.5 Å². The zero-order valence-corrected chi connectivity index (χ0v) is 19.1. The maximum absolute atomic E-state index is 13.7. The number of benzene rings is 2. The molecule has 1 amide bonds. The second kappa shape index (κ2) is 8.56. The van der Waals surface area contributed by atoms with Crippen molar-refractivity contribution >= 4 is 29.2 Å². The molecule has 2 bridgehead atoms.